The van der Waals surface area contributed by atoms with Gasteiger partial charge in [-0.25, -0.2) is 4.79 Å². The van der Waals surface area contributed by atoms with E-state index in [4.69, 9.17) is 9.84 Å². The summed E-state index contributed by atoms with van der Waals surface area (Å²) in [5.74, 6) is -1.37. The van der Waals surface area contributed by atoms with E-state index in [9.17, 15) is 9.59 Å². The zero-order valence-electron chi connectivity index (χ0n) is 9.58. The first-order chi connectivity index (χ1) is 8.06. The highest BCUT2D eigenvalue weighted by Crippen LogP contribution is 2.30. The summed E-state index contributed by atoms with van der Waals surface area (Å²) in [4.78, 5) is 24.0. The molecule has 0 unspecified atom stereocenters. The summed E-state index contributed by atoms with van der Waals surface area (Å²) in [6.07, 6.45) is -0.881. The third kappa shape index (κ3) is 1.78. The average Bonchev–Trinajstić information content (AvgIpc) is 2.28. The molecule has 1 saturated heterocycles. The van der Waals surface area contributed by atoms with Crippen molar-refractivity contribution in [2.24, 2.45) is 0 Å². The molecule has 1 amide bonds. The first kappa shape index (κ1) is 11.6. The minimum atomic E-state index is -1.06. The van der Waals surface area contributed by atoms with Crippen molar-refractivity contribution in [1.82, 2.24) is 0 Å². The Bertz CT molecular complexity index is 454. The van der Waals surface area contributed by atoms with Gasteiger partial charge in [0.25, 0.3) is 5.91 Å². The number of nitrogens with zero attached hydrogens (tertiary/aromatic N) is 1. The van der Waals surface area contributed by atoms with E-state index in [0.717, 1.165) is 5.56 Å². The molecule has 1 aliphatic rings. The number of ether oxygens (including phenoxy) is 1. The highest BCUT2D eigenvalue weighted by Gasteiger charge is 2.53. The summed E-state index contributed by atoms with van der Waals surface area (Å²) in [5.41, 5.74) is 1.64. The maximum Gasteiger partial charge on any atom is 0.330 e. The van der Waals surface area contributed by atoms with Crippen molar-refractivity contribution in [2.45, 2.75) is 19.1 Å². The number of amides is 1. The van der Waals surface area contributed by atoms with Gasteiger partial charge in [0.05, 0.1) is 0 Å². The van der Waals surface area contributed by atoms with Gasteiger partial charge in [-0.05, 0) is 19.1 Å². The second-order valence-electron chi connectivity index (χ2n) is 3.98. The van der Waals surface area contributed by atoms with E-state index in [1.165, 1.54) is 12.0 Å². The molecule has 1 aromatic carbocycles. The molecule has 90 valence electrons. The van der Waals surface area contributed by atoms with Crippen molar-refractivity contribution in [3.63, 3.8) is 0 Å². The zero-order chi connectivity index (χ0) is 12.6. The quantitative estimate of drug-likeness (QED) is 0.787. The monoisotopic (exact) mass is 235 g/mol. The van der Waals surface area contributed by atoms with Crippen molar-refractivity contribution in [2.75, 3.05) is 12.0 Å². The van der Waals surface area contributed by atoms with Crippen LogP contribution in [0.15, 0.2) is 24.3 Å². The summed E-state index contributed by atoms with van der Waals surface area (Å²) in [6.45, 7) is 1.92. The Kier molecular flexibility index (Phi) is 2.85. The lowest BCUT2D eigenvalue weighted by Gasteiger charge is -2.43. The number of aryl methyl sites for hydroxylation is 1. The van der Waals surface area contributed by atoms with Crippen molar-refractivity contribution in [3.05, 3.63) is 29.8 Å². The molecule has 17 heavy (non-hydrogen) atoms. The van der Waals surface area contributed by atoms with Crippen LogP contribution in [0.2, 0.25) is 0 Å². The van der Waals surface area contributed by atoms with Gasteiger partial charge >= 0.3 is 5.97 Å². The molecule has 1 heterocycles. The van der Waals surface area contributed by atoms with Crippen LogP contribution >= 0.6 is 0 Å². The van der Waals surface area contributed by atoms with Crippen LogP contribution < -0.4 is 4.90 Å². The maximum absolute atomic E-state index is 11.7. The summed E-state index contributed by atoms with van der Waals surface area (Å²) in [6, 6.07) is 6.20. The lowest BCUT2D eigenvalue weighted by molar-refractivity contribution is -0.155. The van der Waals surface area contributed by atoms with Crippen molar-refractivity contribution in [3.8, 4) is 0 Å². The van der Waals surface area contributed by atoms with E-state index in [1.54, 1.807) is 12.1 Å². The maximum atomic E-state index is 11.7. The van der Waals surface area contributed by atoms with Gasteiger partial charge in [-0.2, -0.15) is 0 Å². The SMILES string of the molecule is CO[C@H]1C(=O)N(c2ccc(C)cc2)[C@H]1C(=O)O. The normalized spacial score (nSPS) is 23.4. The summed E-state index contributed by atoms with van der Waals surface area (Å²) < 4.78 is 4.88. The molecular weight excluding hydrogens is 222 g/mol. The fraction of sp³-hybridized carbons (Fsp3) is 0.333. The number of benzene rings is 1. The van der Waals surface area contributed by atoms with E-state index in [1.807, 2.05) is 19.1 Å². The molecule has 5 nitrogen and oxygen atoms in total. The van der Waals surface area contributed by atoms with Gasteiger partial charge in [0, 0.05) is 12.8 Å². The van der Waals surface area contributed by atoms with Gasteiger partial charge in [-0.3, -0.25) is 9.69 Å². The molecule has 0 saturated carbocycles. The van der Waals surface area contributed by atoms with Gasteiger partial charge in [-0.15, -0.1) is 0 Å². The Morgan fingerprint density at radius 2 is 1.94 bits per heavy atom. The molecule has 0 bridgehead atoms. The standard InChI is InChI=1S/C12H13NO4/c1-7-3-5-8(6-4-7)13-9(12(15)16)10(17-2)11(13)14/h3-6,9-10H,1-2H3,(H,15,16)/t9-,10-/m1/s1. The molecular formula is C12H13NO4. The molecule has 2 rings (SSSR count). The lowest BCUT2D eigenvalue weighted by Crippen LogP contribution is -2.69. The Morgan fingerprint density at radius 3 is 2.41 bits per heavy atom. The smallest absolute Gasteiger partial charge is 0.330 e. The fourth-order valence-electron chi connectivity index (χ4n) is 1.93. The van der Waals surface area contributed by atoms with Crippen LogP contribution in [0, 0.1) is 6.92 Å². The highest BCUT2D eigenvalue weighted by molar-refractivity contribution is 6.12. The van der Waals surface area contributed by atoms with E-state index in [0.29, 0.717) is 5.69 Å². The molecule has 0 spiro atoms. The molecule has 2 atom stereocenters. The van der Waals surface area contributed by atoms with Crippen LogP contribution in [0.1, 0.15) is 5.56 Å². The largest absolute Gasteiger partial charge is 0.480 e. The van der Waals surface area contributed by atoms with E-state index < -0.39 is 18.1 Å². The lowest BCUT2D eigenvalue weighted by atomic mass is 9.96. The number of rotatable bonds is 3. The topological polar surface area (TPSA) is 66.8 Å². The number of carbonyl (C=O) groups excluding carboxylic acids is 1. The third-order valence-electron chi connectivity index (χ3n) is 2.86. The van der Waals surface area contributed by atoms with Gasteiger partial charge in [0.2, 0.25) is 0 Å². The molecule has 1 fully saturated rings. The first-order valence-corrected chi connectivity index (χ1v) is 5.21. The zero-order valence-corrected chi connectivity index (χ0v) is 9.58. The van der Waals surface area contributed by atoms with Crippen LogP contribution in [0.5, 0.6) is 0 Å². The summed E-state index contributed by atoms with van der Waals surface area (Å²) in [7, 11) is 1.34. The summed E-state index contributed by atoms with van der Waals surface area (Å²) in [5, 5.41) is 9.06. The number of anilines is 1. The highest BCUT2D eigenvalue weighted by atomic mass is 16.5. The second-order valence-corrected chi connectivity index (χ2v) is 3.98. The van der Waals surface area contributed by atoms with E-state index >= 15 is 0 Å². The number of hydrogen-bond donors (Lipinski definition) is 1. The van der Waals surface area contributed by atoms with Gasteiger partial charge < -0.3 is 9.84 Å². The predicted octanol–water partition coefficient (Wildman–Crippen LogP) is 0.810. The molecule has 1 N–H and O–H groups in total. The minimum Gasteiger partial charge on any atom is -0.480 e. The number of hydrogen-bond acceptors (Lipinski definition) is 3. The van der Waals surface area contributed by atoms with Crippen LogP contribution in [0.25, 0.3) is 0 Å². The molecule has 0 aromatic heterocycles. The van der Waals surface area contributed by atoms with Gasteiger partial charge in [0.15, 0.2) is 12.1 Å². The average molecular weight is 235 g/mol. The second kappa shape index (κ2) is 4.18. The number of carboxylic acid groups (broad SMARTS) is 1. The van der Waals surface area contributed by atoms with Gasteiger partial charge in [-0.1, -0.05) is 17.7 Å². The van der Waals surface area contributed by atoms with Crippen molar-refractivity contribution in [1.29, 1.82) is 0 Å². The van der Waals surface area contributed by atoms with Crippen LogP contribution in [-0.2, 0) is 14.3 Å². The minimum absolute atomic E-state index is 0.316. The Hall–Kier alpha value is -1.88. The number of carbonyl (C=O) groups is 2. The Morgan fingerprint density at radius 1 is 1.35 bits per heavy atom. The third-order valence-corrected chi connectivity index (χ3v) is 2.86. The molecule has 5 heteroatoms. The predicted molar refractivity (Wildman–Crippen MR) is 60.9 cm³/mol. The van der Waals surface area contributed by atoms with Gasteiger partial charge in [0.1, 0.15) is 0 Å². The number of β-lactam (4-membered cyclic amide) rings is 1. The molecule has 0 aliphatic carbocycles. The fourth-order valence-corrected chi connectivity index (χ4v) is 1.93. The van der Waals surface area contributed by atoms with Crippen LogP contribution in [0.3, 0.4) is 0 Å². The first-order valence-electron chi connectivity index (χ1n) is 5.21. The molecule has 1 aliphatic heterocycles. The Labute approximate surface area is 98.6 Å². The van der Waals surface area contributed by atoms with Crippen LogP contribution in [-0.4, -0.2) is 36.2 Å². The van der Waals surface area contributed by atoms with E-state index in [-0.39, 0.29) is 5.91 Å². The molecule has 1 aromatic rings. The molecule has 0 radical (unpaired) electrons. The summed E-state index contributed by atoms with van der Waals surface area (Å²) >= 11 is 0. The van der Waals surface area contributed by atoms with E-state index in [2.05, 4.69) is 0 Å². The Balaban J connectivity index is 2.29. The van der Waals surface area contributed by atoms with Crippen LogP contribution in [0.4, 0.5) is 5.69 Å². The van der Waals surface area contributed by atoms with Crippen molar-refractivity contribution < 1.29 is 19.4 Å². The number of carboxylic acids is 1. The number of methoxy groups -OCH3 is 1. The number of aliphatic carboxylic acids is 1. The van der Waals surface area contributed by atoms with Crippen molar-refractivity contribution >= 4 is 17.6 Å².